The largest absolute Gasteiger partial charge is 0.317 e. The molecule has 2 rings (SSSR count). The second-order valence-corrected chi connectivity index (χ2v) is 4.55. The molecule has 0 radical (unpaired) electrons. The van der Waals surface area contributed by atoms with Crippen LogP contribution in [0.5, 0.6) is 0 Å². The molecule has 4 nitrogen and oxygen atoms in total. The molecule has 2 aliphatic heterocycles. The molecule has 2 heterocycles. The van der Waals surface area contributed by atoms with Gasteiger partial charge in [-0.1, -0.05) is 6.58 Å². The fraction of sp³-hybridized carbons (Fsp3) is 0.800. The van der Waals surface area contributed by atoms with E-state index in [1.165, 1.54) is 0 Å². The first kappa shape index (κ1) is 10.1. The Bertz CT molecular complexity index is 273. The van der Waals surface area contributed by atoms with Crippen LogP contribution in [0.1, 0.15) is 27.7 Å². The Morgan fingerprint density at radius 1 is 1.29 bits per heavy atom. The Kier molecular flexibility index (Phi) is 2.02. The molecule has 2 saturated heterocycles. The van der Waals surface area contributed by atoms with E-state index < -0.39 is 11.6 Å². The molecule has 0 amide bonds. The molecule has 0 spiro atoms. The standard InChI is InChI=1S/C10H16O4/c1-6(2)7-8-9(3,4)13-10(5,11-8)14-12-7/h7-8H,1H2,2-5H3/t7-,8+,10+/m1/s1. The van der Waals surface area contributed by atoms with Crippen molar-refractivity contribution in [2.24, 2.45) is 0 Å². The lowest BCUT2D eigenvalue weighted by atomic mass is 9.94. The Hall–Kier alpha value is -0.420. The van der Waals surface area contributed by atoms with Gasteiger partial charge in [-0.25, -0.2) is 4.89 Å². The van der Waals surface area contributed by atoms with Crippen molar-refractivity contribution in [2.75, 3.05) is 0 Å². The number of rotatable bonds is 1. The summed E-state index contributed by atoms with van der Waals surface area (Å²) in [6.07, 6.45) is -0.431. The number of ether oxygens (including phenoxy) is 2. The molecule has 0 aliphatic carbocycles. The van der Waals surface area contributed by atoms with Gasteiger partial charge in [0.15, 0.2) is 0 Å². The highest BCUT2D eigenvalue weighted by Gasteiger charge is 2.59. The maximum Gasteiger partial charge on any atom is 0.310 e. The van der Waals surface area contributed by atoms with Gasteiger partial charge in [0.05, 0.1) is 5.60 Å². The van der Waals surface area contributed by atoms with E-state index in [0.717, 1.165) is 5.57 Å². The third-order valence-electron chi connectivity index (χ3n) is 2.54. The molecule has 0 aromatic rings. The molecule has 2 fully saturated rings. The molecule has 14 heavy (non-hydrogen) atoms. The summed E-state index contributed by atoms with van der Waals surface area (Å²) in [5.74, 6) is -1.07. The normalized spacial score (nSPS) is 45.1. The van der Waals surface area contributed by atoms with Crippen LogP contribution in [0.3, 0.4) is 0 Å². The summed E-state index contributed by atoms with van der Waals surface area (Å²) in [6.45, 7) is 11.3. The summed E-state index contributed by atoms with van der Waals surface area (Å²) in [7, 11) is 0. The van der Waals surface area contributed by atoms with Gasteiger partial charge >= 0.3 is 5.97 Å². The minimum absolute atomic E-state index is 0.168. The zero-order valence-corrected chi connectivity index (χ0v) is 8.99. The van der Waals surface area contributed by atoms with E-state index in [1.807, 2.05) is 20.8 Å². The highest BCUT2D eigenvalue weighted by molar-refractivity contribution is 5.08. The molecular weight excluding hydrogens is 184 g/mol. The maximum absolute atomic E-state index is 5.64. The molecular formula is C10H16O4. The predicted octanol–water partition coefficient (Wildman–Crippen LogP) is 1.76. The van der Waals surface area contributed by atoms with Crippen molar-refractivity contribution >= 4 is 0 Å². The summed E-state index contributed by atoms with van der Waals surface area (Å²) >= 11 is 0. The molecule has 2 aliphatic rings. The second kappa shape index (κ2) is 2.79. The summed E-state index contributed by atoms with van der Waals surface area (Å²) in [6, 6.07) is 0. The van der Waals surface area contributed by atoms with Gasteiger partial charge in [0.1, 0.15) is 12.2 Å². The topological polar surface area (TPSA) is 36.9 Å². The zero-order valence-electron chi connectivity index (χ0n) is 8.99. The Labute approximate surface area is 83.7 Å². The molecule has 0 N–H and O–H groups in total. The summed E-state index contributed by atoms with van der Waals surface area (Å²) < 4.78 is 11.3. The summed E-state index contributed by atoms with van der Waals surface area (Å²) in [5, 5.41) is 0. The molecule has 0 aromatic heterocycles. The molecule has 2 bridgehead atoms. The van der Waals surface area contributed by atoms with Crippen molar-refractivity contribution in [1.82, 2.24) is 0 Å². The first-order chi connectivity index (χ1) is 6.34. The van der Waals surface area contributed by atoms with Crippen LogP contribution in [-0.4, -0.2) is 23.8 Å². The fourth-order valence-electron chi connectivity index (χ4n) is 1.93. The van der Waals surface area contributed by atoms with E-state index in [9.17, 15) is 0 Å². The Balaban J connectivity index is 2.28. The smallest absolute Gasteiger partial charge is 0.310 e. The Morgan fingerprint density at radius 3 is 2.50 bits per heavy atom. The maximum atomic E-state index is 5.64. The van der Waals surface area contributed by atoms with E-state index in [2.05, 4.69) is 6.58 Å². The van der Waals surface area contributed by atoms with Crippen molar-refractivity contribution in [3.05, 3.63) is 12.2 Å². The number of hydrogen-bond donors (Lipinski definition) is 0. The number of fused-ring (bicyclic) bond motifs is 2. The third-order valence-corrected chi connectivity index (χ3v) is 2.54. The summed E-state index contributed by atoms with van der Waals surface area (Å²) in [4.78, 5) is 10.3. The van der Waals surface area contributed by atoms with E-state index >= 15 is 0 Å². The van der Waals surface area contributed by atoms with Crippen LogP contribution in [0.2, 0.25) is 0 Å². The third kappa shape index (κ3) is 1.39. The van der Waals surface area contributed by atoms with Gasteiger partial charge in [0, 0.05) is 6.92 Å². The van der Waals surface area contributed by atoms with Crippen molar-refractivity contribution in [3.63, 3.8) is 0 Å². The van der Waals surface area contributed by atoms with E-state index in [1.54, 1.807) is 6.92 Å². The fourth-order valence-corrected chi connectivity index (χ4v) is 1.93. The lowest BCUT2D eigenvalue weighted by Gasteiger charge is -2.32. The van der Waals surface area contributed by atoms with E-state index in [0.29, 0.717) is 0 Å². The lowest BCUT2D eigenvalue weighted by molar-refractivity contribution is -0.518. The first-order valence-electron chi connectivity index (χ1n) is 4.72. The van der Waals surface area contributed by atoms with Crippen molar-refractivity contribution in [3.8, 4) is 0 Å². The van der Waals surface area contributed by atoms with Gasteiger partial charge in [-0.3, -0.25) is 0 Å². The van der Waals surface area contributed by atoms with Crippen molar-refractivity contribution in [1.29, 1.82) is 0 Å². The van der Waals surface area contributed by atoms with Crippen LogP contribution in [0.25, 0.3) is 0 Å². The highest BCUT2D eigenvalue weighted by Crippen LogP contribution is 2.44. The second-order valence-electron chi connectivity index (χ2n) is 4.55. The first-order valence-corrected chi connectivity index (χ1v) is 4.72. The molecule has 80 valence electrons. The van der Waals surface area contributed by atoms with Crippen LogP contribution >= 0.6 is 0 Å². The minimum Gasteiger partial charge on any atom is -0.317 e. The van der Waals surface area contributed by atoms with Crippen LogP contribution in [0.4, 0.5) is 0 Å². The van der Waals surface area contributed by atoms with E-state index in [4.69, 9.17) is 19.2 Å². The lowest BCUT2D eigenvalue weighted by Crippen LogP contribution is -2.46. The molecule has 4 heteroatoms. The molecule has 0 aromatic carbocycles. The van der Waals surface area contributed by atoms with E-state index in [-0.39, 0.29) is 12.2 Å². The Morgan fingerprint density at radius 2 is 1.93 bits per heavy atom. The average Bonchev–Trinajstić information content (AvgIpc) is 2.17. The van der Waals surface area contributed by atoms with Crippen LogP contribution < -0.4 is 0 Å². The monoisotopic (exact) mass is 200 g/mol. The van der Waals surface area contributed by atoms with Gasteiger partial charge in [-0.15, -0.1) is 0 Å². The van der Waals surface area contributed by atoms with Gasteiger partial charge in [0.25, 0.3) is 0 Å². The molecule has 0 unspecified atom stereocenters. The SMILES string of the molecule is C=C(C)[C@H]1OO[C@@]2(C)O[C@@H]1C(C)(C)O2. The highest BCUT2D eigenvalue weighted by atomic mass is 17.3. The minimum atomic E-state index is -1.07. The van der Waals surface area contributed by atoms with Crippen molar-refractivity contribution in [2.45, 2.75) is 51.5 Å². The van der Waals surface area contributed by atoms with Crippen LogP contribution in [0.15, 0.2) is 12.2 Å². The quantitative estimate of drug-likeness (QED) is 0.477. The number of hydrogen-bond acceptors (Lipinski definition) is 4. The molecule has 0 saturated carbocycles. The molecule has 3 atom stereocenters. The zero-order chi connectivity index (χ0) is 10.6. The van der Waals surface area contributed by atoms with Crippen LogP contribution in [-0.2, 0) is 19.2 Å². The van der Waals surface area contributed by atoms with Crippen molar-refractivity contribution < 1.29 is 19.2 Å². The van der Waals surface area contributed by atoms with Gasteiger partial charge < -0.3 is 9.47 Å². The summed E-state index contributed by atoms with van der Waals surface area (Å²) in [5.41, 5.74) is 0.449. The van der Waals surface area contributed by atoms with Crippen LogP contribution in [0, 0.1) is 0 Å². The van der Waals surface area contributed by atoms with Gasteiger partial charge in [-0.2, -0.15) is 4.89 Å². The van der Waals surface area contributed by atoms with Gasteiger partial charge in [-0.05, 0) is 26.3 Å². The average molecular weight is 200 g/mol. The van der Waals surface area contributed by atoms with Gasteiger partial charge in [0.2, 0.25) is 0 Å². The predicted molar refractivity (Wildman–Crippen MR) is 49.2 cm³/mol.